The van der Waals surface area contributed by atoms with Gasteiger partial charge in [-0.3, -0.25) is 5.01 Å². The van der Waals surface area contributed by atoms with Gasteiger partial charge < -0.3 is 10.5 Å². The SMILES string of the molecule is COc1ccc(N2N=C(CN)CC2c2ccc(C)cc2)cc1Cl. The lowest BCUT2D eigenvalue weighted by Gasteiger charge is -2.24. The maximum absolute atomic E-state index is 6.27. The predicted octanol–water partition coefficient (Wildman–Crippen LogP) is 3.92. The van der Waals surface area contributed by atoms with Crippen LogP contribution in [0, 0.1) is 6.92 Å². The van der Waals surface area contributed by atoms with Crippen LogP contribution in [0.1, 0.15) is 23.6 Å². The summed E-state index contributed by atoms with van der Waals surface area (Å²) in [5, 5.41) is 7.25. The number of methoxy groups -OCH3 is 1. The predicted molar refractivity (Wildman–Crippen MR) is 95.5 cm³/mol. The largest absolute Gasteiger partial charge is 0.495 e. The maximum atomic E-state index is 6.27. The Morgan fingerprint density at radius 1 is 1.26 bits per heavy atom. The van der Waals surface area contributed by atoms with Gasteiger partial charge in [-0.1, -0.05) is 41.4 Å². The number of halogens is 1. The molecule has 2 N–H and O–H groups in total. The lowest BCUT2D eigenvalue weighted by Crippen LogP contribution is -2.18. The molecule has 23 heavy (non-hydrogen) atoms. The fourth-order valence-electron chi connectivity index (χ4n) is 2.78. The first-order valence-electron chi connectivity index (χ1n) is 7.58. The molecule has 0 spiro atoms. The van der Waals surface area contributed by atoms with Crippen LogP contribution in [-0.2, 0) is 0 Å². The van der Waals surface area contributed by atoms with E-state index in [1.165, 1.54) is 11.1 Å². The average molecular weight is 330 g/mol. The van der Waals surface area contributed by atoms with Gasteiger partial charge in [0.15, 0.2) is 0 Å². The Labute approximate surface area is 141 Å². The van der Waals surface area contributed by atoms with Gasteiger partial charge in [-0.05, 0) is 30.7 Å². The summed E-state index contributed by atoms with van der Waals surface area (Å²) in [7, 11) is 1.61. The zero-order valence-electron chi connectivity index (χ0n) is 13.3. The van der Waals surface area contributed by atoms with Crippen molar-refractivity contribution in [1.29, 1.82) is 0 Å². The minimum absolute atomic E-state index is 0.138. The zero-order valence-corrected chi connectivity index (χ0v) is 14.0. The molecule has 5 heteroatoms. The molecule has 0 saturated carbocycles. The second kappa shape index (κ2) is 6.60. The van der Waals surface area contributed by atoms with Gasteiger partial charge in [0, 0.05) is 13.0 Å². The molecule has 0 radical (unpaired) electrons. The van der Waals surface area contributed by atoms with Crippen molar-refractivity contribution in [3.8, 4) is 5.75 Å². The average Bonchev–Trinajstić information content (AvgIpc) is 3.00. The van der Waals surface area contributed by atoms with E-state index in [-0.39, 0.29) is 6.04 Å². The number of hydrogen-bond acceptors (Lipinski definition) is 4. The lowest BCUT2D eigenvalue weighted by molar-refractivity contribution is 0.415. The summed E-state index contributed by atoms with van der Waals surface area (Å²) in [6.07, 6.45) is 0.823. The first-order valence-corrected chi connectivity index (χ1v) is 7.96. The van der Waals surface area contributed by atoms with Crippen molar-refractivity contribution in [2.24, 2.45) is 10.8 Å². The normalized spacial score (nSPS) is 17.3. The number of aryl methyl sites for hydroxylation is 1. The molecule has 120 valence electrons. The lowest BCUT2D eigenvalue weighted by atomic mass is 10.0. The minimum Gasteiger partial charge on any atom is -0.495 e. The molecule has 0 aromatic heterocycles. The summed E-state index contributed by atoms with van der Waals surface area (Å²) in [6, 6.07) is 14.4. The van der Waals surface area contributed by atoms with E-state index in [0.717, 1.165) is 17.8 Å². The molecule has 4 nitrogen and oxygen atoms in total. The van der Waals surface area contributed by atoms with Crippen LogP contribution in [0.3, 0.4) is 0 Å². The second-order valence-corrected chi connectivity index (χ2v) is 6.07. The van der Waals surface area contributed by atoms with Crippen LogP contribution < -0.4 is 15.5 Å². The highest BCUT2D eigenvalue weighted by atomic mass is 35.5. The summed E-state index contributed by atoms with van der Waals surface area (Å²) in [5.74, 6) is 0.657. The van der Waals surface area contributed by atoms with Crippen LogP contribution in [-0.4, -0.2) is 19.4 Å². The molecular formula is C18H20ClN3O. The number of hydrogen-bond donors (Lipinski definition) is 1. The van der Waals surface area contributed by atoms with Crippen molar-refractivity contribution in [2.75, 3.05) is 18.7 Å². The second-order valence-electron chi connectivity index (χ2n) is 5.66. The molecule has 1 unspecified atom stereocenters. The molecule has 0 bridgehead atoms. The van der Waals surface area contributed by atoms with Crippen molar-refractivity contribution in [3.63, 3.8) is 0 Å². The van der Waals surface area contributed by atoms with E-state index in [4.69, 9.17) is 22.1 Å². The van der Waals surface area contributed by atoms with E-state index in [9.17, 15) is 0 Å². The van der Waals surface area contributed by atoms with Gasteiger partial charge in [-0.2, -0.15) is 5.10 Å². The van der Waals surface area contributed by atoms with Gasteiger partial charge in [0.05, 0.1) is 29.6 Å². The molecule has 2 aromatic rings. The molecule has 0 amide bonds. The van der Waals surface area contributed by atoms with Gasteiger partial charge in [0.1, 0.15) is 5.75 Å². The topological polar surface area (TPSA) is 50.8 Å². The molecular weight excluding hydrogens is 310 g/mol. The molecule has 0 saturated heterocycles. The van der Waals surface area contributed by atoms with Crippen LogP contribution in [0.4, 0.5) is 5.69 Å². The van der Waals surface area contributed by atoms with Crippen molar-refractivity contribution < 1.29 is 4.74 Å². The molecule has 0 fully saturated rings. The Morgan fingerprint density at radius 2 is 2.00 bits per heavy atom. The van der Waals surface area contributed by atoms with Crippen molar-refractivity contribution in [2.45, 2.75) is 19.4 Å². The molecule has 1 aliphatic heterocycles. The first kappa shape index (κ1) is 15.8. The molecule has 1 heterocycles. The minimum atomic E-state index is 0.138. The standard InChI is InChI=1S/C18H20ClN3O/c1-12-3-5-13(6-4-12)17-9-14(11-20)21-22(17)15-7-8-18(23-2)16(19)10-15/h3-8,10,17H,9,11,20H2,1-2H3. The molecule has 3 rings (SSSR count). The zero-order chi connectivity index (χ0) is 16.4. The third-order valence-corrected chi connectivity index (χ3v) is 4.37. The monoisotopic (exact) mass is 329 g/mol. The smallest absolute Gasteiger partial charge is 0.137 e. The van der Waals surface area contributed by atoms with E-state index in [1.54, 1.807) is 7.11 Å². The molecule has 1 aliphatic rings. The fraction of sp³-hybridized carbons (Fsp3) is 0.278. The number of nitrogens with zero attached hydrogens (tertiary/aromatic N) is 2. The maximum Gasteiger partial charge on any atom is 0.137 e. The van der Waals surface area contributed by atoms with Crippen LogP contribution in [0.15, 0.2) is 47.6 Å². The quantitative estimate of drug-likeness (QED) is 0.924. The van der Waals surface area contributed by atoms with Gasteiger partial charge in [-0.25, -0.2) is 0 Å². The Hall–Kier alpha value is -2.04. The molecule has 0 aliphatic carbocycles. The highest BCUT2D eigenvalue weighted by Crippen LogP contribution is 2.38. The summed E-state index contributed by atoms with van der Waals surface area (Å²) >= 11 is 6.27. The van der Waals surface area contributed by atoms with Gasteiger partial charge >= 0.3 is 0 Å². The van der Waals surface area contributed by atoms with Crippen LogP contribution in [0.2, 0.25) is 5.02 Å². The van der Waals surface area contributed by atoms with Crippen LogP contribution in [0.5, 0.6) is 5.75 Å². The number of anilines is 1. The third-order valence-electron chi connectivity index (χ3n) is 4.07. The van der Waals surface area contributed by atoms with Gasteiger partial charge in [-0.15, -0.1) is 0 Å². The summed E-state index contributed by atoms with van der Waals surface area (Å²) in [4.78, 5) is 0. The summed E-state index contributed by atoms with van der Waals surface area (Å²) in [5.41, 5.74) is 10.2. The van der Waals surface area contributed by atoms with Crippen molar-refractivity contribution in [3.05, 3.63) is 58.6 Å². The first-order chi connectivity index (χ1) is 11.1. The summed E-state index contributed by atoms with van der Waals surface area (Å²) < 4.78 is 5.22. The van der Waals surface area contributed by atoms with E-state index in [2.05, 4.69) is 36.3 Å². The van der Waals surface area contributed by atoms with Crippen molar-refractivity contribution in [1.82, 2.24) is 0 Å². The number of benzene rings is 2. The van der Waals surface area contributed by atoms with Gasteiger partial charge in [0.2, 0.25) is 0 Å². The number of nitrogens with two attached hydrogens (primary N) is 1. The van der Waals surface area contributed by atoms with Crippen LogP contribution in [0.25, 0.3) is 0 Å². The fourth-order valence-corrected chi connectivity index (χ4v) is 3.03. The molecule has 1 atom stereocenters. The van der Waals surface area contributed by atoms with E-state index < -0.39 is 0 Å². The van der Waals surface area contributed by atoms with E-state index in [1.807, 2.05) is 23.2 Å². The molecule has 2 aromatic carbocycles. The Balaban J connectivity index is 1.97. The number of rotatable bonds is 4. The summed E-state index contributed by atoms with van der Waals surface area (Å²) in [6.45, 7) is 2.55. The number of hydrazone groups is 1. The Bertz CT molecular complexity index is 728. The third kappa shape index (κ3) is 3.19. The Kier molecular flexibility index (Phi) is 4.55. The highest BCUT2D eigenvalue weighted by molar-refractivity contribution is 6.32. The van der Waals surface area contributed by atoms with Crippen LogP contribution >= 0.6 is 11.6 Å². The van der Waals surface area contributed by atoms with Crippen molar-refractivity contribution >= 4 is 23.0 Å². The van der Waals surface area contributed by atoms with Gasteiger partial charge in [0.25, 0.3) is 0 Å². The highest BCUT2D eigenvalue weighted by Gasteiger charge is 2.28. The Morgan fingerprint density at radius 3 is 2.61 bits per heavy atom. The van der Waals surface area contributed by atoms with E-state index in [0.29, 0.717) is 17.3 Å². The number of ether oxygens (including phenoxy) is 1. The van der Waals surface area contributed by atoms with E-state index >= 15 is 0 Å².